The highest BCUT2D eigenvalue weighted by molar-refractivity contribution is 5.92. The summed E-state index contributed by atoms with van der Waals surface area (Å²) >= 11 is 0. The first-order chi connectivity index (χ1) is 10.8. The van der Waals surface area contributed by atoms with Crippen molar-refractivity contribution >= 4 is 12.0 Å². The van der Waals surface area contributed by atoms with E-state index in [0.29, 0.717) is 6.04 Å². The maximum absolute atomic E-state index is 12.5. The summed E-state index contributed by atoms with van der Waals surface area (Å²) in [5.41, 5.74) is 0.969. The molecule has 1 amide bonds. The van der Waals surface area contributed by atoms with Gasteiger partial charge in [0.05, 0.1) is 0 Å². The van der Waals surface area contributed by atoms with E-state index < -0.39 is 0 Å². The van der Waals surface area contributed by atoms with Gasteiger partial charge in [0.2, 0.25) is 12.7 Å². The van der Waals surface area contributed by atoms with Crippen molar-refractivity contribution in [2.45, 2.75) is 38.1 Å². The SMILES string of the molecule is O=C(C=Cc1ccc2c(c1)OCO2)N1CCC2CCCCC21. The van der Waals surface area contributed by atoms with E-state index in [0.717, 1.165) is 29.5 Å². The van der Waals surface area contributed by atoms with Crippen molar-refractivity contribution in [3.05, 3.63) is 29.8 Å². The van der Waals surface area contributed by atoms with E-state index in [1.807, 2.05) is 24.3 Å². The first-order valence-corrected chi connectivity index (χ1v) is 8.19. The fourth-order valence-corrected chi connectivity index (χ4v) is 3.96. The summed E-state index contributed by atoms with van der Waals surface area (Å²) in [6.45, 7) is 1.19. The largest absolute Gasteiger partial charge is 0.454 e. The quantitative estimate of drug-likeness (QED) is 0.787. The monoisotopic (exact) mass is 299 g/mol. The zero-order valence-corrected chi connectivity index (χ0v) is 12.7. The van der Waals surface area contributed by atoms with Gasteiger partial charge in [0, 0.05) is 18.7 Å². The Labute approximate surface area is 130 Å². The van der Waals surface area contributed by atoms with Gasteiger partial charge >= 0.3 is 0 Å². The summed E-state index contributed by atoms with van der Waals surface area (Å²) in [4.78, 5) is 14.6. The predicted octanol–water partition coefficient (Wildman–Crippen LogP) is 3.22. The van der Waals surface area contributed by atoms with Crippen LogP contribution in [0.25, 0.3) is 6.08 Å². The maximum Gasteiger partial charge on any atom is 0.246 e. The molecule has 4 nitrogen and oxygen atoms in total. The molecule has 0 aromatic heterocycles. The zero-order chi connectivity index (χ0) is 14.9. The Balaban J connectivity index is 1.45. The predicted molar refractivity (Wildman–Crippen MR) is 83.7 cm³/mol. The standard InChI is InChI=1S/C18H21NO3/c20-18(19-10-9-14-3-1-2-4-15(14)19)8-6-13-5-7-16-17(11-13)22-12-21-16/h5-8,11,14-15H,1-4,9-10,12H2. The molecule has 2 fully saturated rings. The number of likely N-dealkylation sites (tertiary alicyclic amines) is 1. The second-order valence-electron chi connectivity index (χ2n) is 6.38. The second-order valence-corrected chi connectivity index (χ2v) is 6.38. The summed E-state index contributed by atoms with van der Waals surface area (Å²) < 4.78 is 10.7. The normalized spacial score (nSPS) is 26.5. The number of ether oxygens (including phenoxy) is 2. The third kappa shape index (κ3) is 2.47. The third-order valence-electron chi connectivity index (χ3n) is 5.11. The Morgan fingerprint density at radius 2 is 2.00 bits per heavy atom. The van der Waals surface area contributed by atoms with E-state index >= 15 is 0 Å². The van der Waals surface area contributed by atoms with Crippen molar-refractivity contribution in [2.24, 2.45) is 5.92 Å². The van der Waals surface area contributed by atoms with Gasteiger partial charge in [0.1, 0.15) is 0 Å². The Morgan fingerprint density at radius 1 is 1.14 bits per heavy atom. The summed E-state index contributed by atoms with van der Waals surface area (Å²) in [6, 6.07) is 6.23. The van der Waals surface area contributed by atoms with Crippen LogP contribution in [0.2, 0.25) is 0 Å². The lowest BCUT2D eigenvalue weighted by Gasteiger charge is -2.31. The summed E-state index contributed by atoms with van der Waals surface area (Å²) in [7, 11) is 0. The lowest BCUT2D eigenvalue weighted by atomic mass is 9.85. The van der Waals surface area contributed by atoms with Gasteiger partial charge in [0.15, 0.2) is 11.5 Å². The molecule has 22 heavy (non-hydrogen) atoms. The number of amides is 1. The molecule has 0 bridgehead atoms. The van der Waals surface area contributed by atoms with Gasteiger partial charge in [-0.3, -0.25) is 4.79 Å². The van der Waals surface area contributed by atoms with Gasteiger partial charge in [-0.2, -0.15) is 0 Å². The molecule has 4 heteroatoms. The Morgan fingerprint density at radius 3 is 2.95 bits per heavy atom. The maximum atomic E-state index is 12.5. The first kappa shape index (κ1) is 13.7. The number of fused-ring (bicyclic) bond motifs is 2. The molecule has 1 aliphatic carbocycles. The van der Waals surface area contributed by atoms with Gasteiger partial charge in [-0.1, -0.05) is 18.9 Å². The number of hydrogen-bond donors (Lipinski definition) is 0. The molecule has 2 atom stereocenters. The van der Waals surface area contributed by atoms with Crippen LogP contribution in [0.3, 0.4) is 0 Å². The highest BCUT2D eigenvalue weighted by Crippen LogP contribution is 2.36. The van der Waals surface area contributed by atoms with Crippen LogP contribution in [0.4, 0.5) is 0 Å². The van der Waals surface area contributed by atoms with Crippen LogP contribution in [0.5, 0.6) is 11.5 Å². The van der Waals surface area contributed by atoms with Crippen LogP contribution in [-0.4, -0.2) is 30.2 Å². The number of benzene rings is 1. The molecule has 2 aliphatic heterocycles. The van der Waals surface area contributed by atoms with E-state index in [1.54, 1.807) is 6.08 Å². The minimum Gasteiger partial charge on any atom is -0.454 e. The lowest BCUT2D eigenvalue weighted by molar-refractivity contribution is -0.127. The fraction of sp³-hybridized carbons (Fsp3) is 0.500. The van der Waals surface area contributed by atoms with Crippen molar-refractivity contribution in [3.63, 3.8) is 0 Å². The molecular formula is C18H21NO3. The Bertz CT molecular complexity index is 610. The molecule has 0 N–H and O–H groups in total. The average Bonchev–Trinajstić information content (AvgIpc) is 3.18. The van der Waals surface area contributed by atoms with Gasteiger partial charge in [-0.25, -0.2) is 0 Å². The van der Waals surface area contributed by atoms with E-state index in [-0.39, 0.29) is 12.7 Å². The minimum absolute atomic E-state index is 0.145. The van der Waals surface area contributed by atoms with Crippen molar-refractivity contribution in [3.8, 4) is 11.5 Å². The third-order valence-corrected chi connectivity index (χ3v) is 5.11. The molecule has 2 unspecified atom stereocenters. The number of hydrogen-bond acceptors (Lipinski definition) is 3. The fourth-order valence-electron chi connectivity index (χ4n) is 3.96. The number of nitrogens with zero attached hydrogens (tertiary/aromatic N) is 1. The molecule has 1 aromatic rings. The van der Waals surface area contributed by atoms with Gasteiger partial charge in [-0.05, 0) is 49.0 Å². The molecule has 1 aromatic carbocycles. The molecule has 2 heterocycles. The molecule has 116 valence electrons. The summed E-state index contributed by atoms with van der Waals surface area (Å²) in [5, 5.41) is 0. The van der Waals surface area contributed by atoms with Crippen LogP contribution in [-0.2, 0) is 4.79 Å². The molecular weight excluding hydrogens is 278 g/mol. The van der Waals surface area contributed by atoms with Crippen LogP contribution >= 0.6 is 0 Å². The Kier molecular flexibility index (Phi) is 3.53. The molecule has 4 rings (SSSR count). The van der Waals surface area contributed by atoms with Gasteiger partial charge in [0.25, 0.3) is 0 Å². The smallest absolute Gasteiger partial charge is 0.246 e. The Hall–Kier alpha value is -1.97. The minimum atomic E-state index is 0.145. The highest BCUT2D eigenvalue weighted by atomic mass is 16.7. The van der Waals surface area contributed by atoms with Gasteiger partial charge < -0.3 is 14.4 Å². The zero-order valence-electron chi connectivity index (χ0n) is 12.7. The van der Waals surface area contributed by atoms with E-state index in [4.69, 9.17) is 9.47 Å². The van der Waals surface area contributed by atoms with Crippen molar-refractivity contribution in [1.29, 1.82) is 0 Å². The molecule has 0 spiro atoms. The van der Waals surface area contributed by atoms with Crippen LogP contribution in [0, 0.1) is 5.92 Å². The lowest BCUT2D eigenvalue weighted by Crippen LogP contribution is -2.38. The second kappa shape index (κ2) is 5.67. The van der Waals surface area contributed by atoms with E-state index in [9.17, 15) is 4.79 Å². The molecule has 1 saturated carbocycles. The van der Waals surface area contributed by atoms with Crippen LogP contribution < -0.4 is 9.47 Å². The van der Waals surface area contributed by atoms with Crippen molar-refractivity contribution < 1.29 is 14.3 Å². The van der Waals surface area contributed by atoms with Crippen LogP contribution in [0.1, 0.15) is 37.7 Å². The van der Waals surface area contributed by atoms with E-state index in [1.165, 1.54) is 32.1 Å². The molecule has 3 aliphatic rings. The topological polar surface area (TPSA) is 38.8 Å². The van der Waals surface area contributed by atoms with Crippen molar-refractivity contribution in [2.75, 3.05) is 13.3 Å². The van der Waals surface area contributed by atoms with E-state index in [2.05, 4.69) is 4.90 Å². The average molecular weight is 299 g/mol. The molecule has 1 saturated heterocycles. The first-order valence-electron chi connectivity index (χ1n) is 8.19. The number of carbonyl (C=O) groups is 1. The number of rotatable bonds is 2. The summed E-state index contributed by atoms with van der Waals surface area (Å²) in [6.07, 6.45) is 9.81. The van der Waals surface area contributed by atoms with Gasteiger partial charge in [-0.15, -0.1) is 0 Å². The van der Waals surface area contributed by atoms with Crippen LogP contribution in [0.15, 0.2) is 24.3 Å². The number of carbonyl (C=O) groups excluding carboxylic acids is 1. The highest BCUT2D eigenvalue weighted by Gasteiger charge is 2.37. The molecule has 0 radical (unpaired) electrons. The summed E-state index contributed by atoms with van der Waals surface area (Å²) in [5.74, 6) is 2.40. The van der Waals surface area contributed by atoms with Crippen molar-refractivity contribution in [1.82, 2.24) is 4.90 Å².